The minimum Gasteiger partial charge on any atom is -0.383 e. The summed E-state index contributed by atoms with van der Waals surface area (Å²) in [5, 5.41) is 3.34. The molecule has 0 radical (unpaired) electrons. The molecule has 0 aliphatic heterocycles. The Morgan fingerprint density at radius 3 is 2.71 bits per heavy atom. The minimum atomic E-state index is -0.839. The number of anilines is 1. The van der Waals surface area contributed by atoms with Crippen LogP contribution in [-0.2, 0) is 6.42 Å². The standard InChI is InChI=1S/C16H19F2N3/c1-2-7-20-15(10-12-4-3-8-21-16(12)19)11-5-6-13(17)14(18)9-11/h3-6,8-9,15,20H,2,7,10H2,1H3,(H2,19,21). The summed E-state index contributed by atoms with van der Waals surface area (Å²) in [5.74, 6) is -1.22. The van der Waals surface area contributed by atoms with Gasteiger partial charge in [-0.1, -0.05) is 19.1 Å². The molecule has 0 saturated heterocycles. The van der Waals surface area contributed by atoms with Crippen LogP contribution in [0.2, 0.25) is 0 Å². The molecule has 0 saturated carbocycles. The topological polar surface area (TPSA) is 50.9 Å². The molecule has 1 aromatic heterocycles. The van der Waals surface area contributed by atoms with Gasteiger partial charge in [-0.3, -0.25) is 0 Å². The van der Waals surface area contributed by atoms with Crippen LogP contribution in [0.1, 0.15) is 30.5 Å². The van der Waals surface area contributed by atoms with Crippen LogP contribution in [0.25, 0.3) is 0 Å². The SMILES string of the molecule is CCCNC(Cc1cccnc1N)c1ccc(F)c(F)c1. The van der Waals surface area contributed by atoms with E-state index in [0.717, 1.165) is 24.6 Å². The second kappa shape index (κ2) is 7.13. The van der Waals surface area contributed by atoms with E-state index >= 15 is 0 Å². The zero-order valence-electron chi connectivity index (χ0n) is 11.9. The fourth-order valence-electron chi connectivity index (χ4n) is 2.20. The first kappa shape index (κ1) is 15.4. The summed E-state index contributed by atoms with van der Waals surface area (Å²) in [4.78, 5) is 4.05. The van der Waals surface area contributed by atoms with Crippen molar-refractivity contribution in [1.29, 1.82) is 0 Å². The largest absolute Gasteiger partial charge is 0.383 e. The first-order valence-electron chi connectivity index (χ1n) is 6.99. The lowest BCUT2D eigenvalue weighted by Gasteiger charge is -2.20. The Hall–Kier alpha value is -2.01. The summed E-state index contributed by atoms with van der Waals surface area (Å²) in [7, 11) is 0. The molecule has 0 aliphatic carbocycles. The molecule has 21 heavy (non-hydrogen) atoms. The van der Waals surface area contributed by atoms with Crippen LogP contribution >= 0.6 is 0 Å². The van der Waals surface area contributed by atoms with Gasteiger partial charge in [-0.15, -0.1) is 0 Å². The second-order valence-corrected chi connectivity index (χ2v) is 4.93. The van der Waals surface area contributed by atoms with Crippen molar-refractivity contribution in [2.45, 2.75) is 25.8 Å². The van der Waals surface area contributed by atoms with Crippen molar-refractivity contribution in [2.75, 3.05) is 12.3 Å². The Labute approximate surface area is 123 Å². The number of nitrogen functional groups attached to an aromatic ring is 1. The van der Waals surface area contributed by atoms with Crippen molar-refractivity contribution in [3.8, 4) is 0 Å². The van der Waals surface area contributed by atoms with E-state index in [2.05, 4.69) is 10.3 Å². The lowest BCUT2D eigenvalue weighted by atomic mass is 9.99. The molecule has 0 spiro atoms. The van der Waals surface area contributed by atoms with Gasteiger partial charge in [0, 0.05) is 12.2 Å². The molecule has 2 aromatic rings. The molecule has 0 bridgehead atoms. The highest BCUT2D eigenvalue weighted by Gasteiger charge is 2.15. The smallest absolute Gasteiger partial charge is 0.159 e. The van der Waals surface area contributed by atoms with Crippen LogP contribution in [0.5, 0.6) is 0 Å². The van der Waals surface area contributed by atoms with Crippen molar-refractivity contribution in [1.82, 2.24) is 10.3 Å². The van der Waals surface area contributed by atoms with Gasteiger partial charge in [0.25, 0.3) is 0 Å². The van der Waals surface area contributed by atoms with Crippen molar-refractivity contribution < 1.29 is 8.78 Å². The van der Waals surface area contributed by atoms with Crippen LogP contribution in [0.15, 0.2) is 36.5 Å². The number of aromatic nitrogens is 1. The summed E-state index contributed by atoms with van der Waals surface area (Å²) in [6, 6.07) is 7.55. The highest BCUT2D eigenvalue weighted by atomic mass is 19.2. The highest BCUT2D eigenvalue weighted by molar-refractivity contribution is 5.40. The van der Waals surface area contributed by atoms with Crippen LogP contribution < -0.4 is 11.1 Å². The van der Waals surface area contributed by atoms with Gasteiger partial charge in [-0.2, -0.15) is 0 Å². The van der Waals surface area contributed by atoms with Crippen molar-refractivity contribution >= 4 is 5.82 Å². The first-order chi connectivity index (χ1) is 10.1. The van der Waals surface area contributed by atoms with E-state index in [1.807, 2.05) is 19.1 Å². The van der Waals surface area contributed by atoms with Gasteiger partial charge < -0.3 is 11.1 Å². The Balaban J connectivity index is 2.25. The molecule has 0 fully saturated rings. The number of rotatable bonds is 6. The molecule has 5 heteroatoms. The Kier molecular flexibility index (Phi) is 5.22. The van der Waals surface area contributed by atoms with Crippen LogP contribution in [0.3, 0.4) is 0 Å². The van der Waals surface area contributed by atoms with E-state index in [1.165, 1.54) is 6.07 Å². The fraction of sp³-hybridized carbons (Fsp3) is 0.312. The monoisotopic (exact) mass is 291 g/mol. The highest BCUT2D eigenvalue weighted by Crippen LogP contribution is 2.22. The zero-order valence-corrected chi connectivity index (χ0v) is 11.9. The molecule has 1 heterocycles. The number of hydrogen-bond donors (Lipinski definition) is 2. The van der Waals surface area contributed by atoms with Crippen LogP contribution in [0, 0.1) is 11.6 Å². The number of benzene rings is 1. The summed E-state index contributed by atoms with van der Waals surface area (Å²) < 4.78 is 26.5. The van der Waals surface area contributed by atoms with Crippen molar-refractivity contribution in [3.63, 3.8) is 0 Å². The van der Waals surface area contributed by atoms with E-state index in [1.54, 1.807) is 12.3 Å². The summed E-state index contributed by atoms with van der Waals surface area (Å²) >= 11 is 0. The lowest BCUT2D eigenvalue weighted by molar-refractivity contribution is 0.493. The number of nitrogens with two attached hydrogens (primary N) is 1. The molecule has 112 valence electrons. The molecule has 1 atom stereocenters. The van der Waals surface area contributed by atoms with E-state index in [-0.39, 0.29) is 6.04 Å². The third-order valence-corrected chi connectivity index (χ3v) is 3.34. The number of halogens is 2. The third kappa shape index (κ3) is 3.98. The Morgan fingerprint density at radius 1 is 1.24 bits per heavy atom. The molecule has 1 aromatic carbocycles. The lowest BCUT2D eigenvalue weighted by Crippen LogP contribution is -2.24. The van der Waals surface area contributed by atoms with Gasteiger partial charge in [-0.05, 0) is 48.7 Å². The maximum atomic E-state index is 13.4. The number of nitrogens with zero attached hydrogens (tertiary/aromatic N) is 1. The average Bonchev–Trinajstić information content (AvgIpc) is 2.48. The van der Waals surface area contributed by atoms with Crippen molar-refractivity contribution in [3.05, 3.63) is 59.3 Å². The Morgan fingerprint density at radius 2 is 2.05 bits per heavy atom. The van der Waals surface area contributed by atoms with Gasteiger partial charge in [0.05, 0.1) is 0 Å². The predicted octanol–water partition coefficient (Wildman–Crippen LogP) is 3.23. The molecule has 3 nitrogen and oxygen atoms in total. The van der Waals surface area contributed by atoms with E-state index in [0.29, 0.717) is 17.8 Å². The number of pyridine rings is 1. The van der Waals surface area contributed by atoms with Gasteiger partial charge in [-0.25, -0.2) is 13.8 Å². The van der Waals surface area contributed by atoms with Crippen LogP contribution in [0.4, 0.5) is 14.6 Å². The minimum absolute atomic E-state index is 0.133. The number of hydrogen-bond acceptors (Lipinski definition) is 3. The second-order valence-electron chi connectivity index (χ2n) is 4.93. The molecule has 0 aliphatic rings. The first-order valence-corrected chi connectivity index (χ1v) is 6.99. The molecular formula is C16H19F2N3. The molecule has 3 N–H and O–H groups in total. The average molecular weight is 291 g/mol. The van der Waals surface area contributed by atoms with Gasteiger partial charge in [0.2, 0.25) is 0 Å². The molecule has 0 amide bonds. The summed E-state index contributed by atoms with van der Waals surface area (Å²) in [5.41, 5.74) is 7.44. The van der Waals surface area contributed by atoms with Gasteiger partial charge in [0.15, 0.2) is 11.6 Å². The number of nitrogens with one attached hydrogen (secondary N) is 1. The summed E-state index contributed by atoms with van der Waals surface area (Å²) in [6.07, 6.45) is 3.15. The van der Waals surface area contributed by atoms with Gasteiger partial charge >= 0.3 is 0 Å². The molecular weight excluding hydrogens is 272 g/mol. The quantitative estimate of drug-likeness (QED) is 0.859. The molecule has 1 unspecified atom stereocenters. The predicted molar refractivity (Wildman–Crippen MR) is 79.7 cm³/mol. The third-order valence-electron chi connectivity index (χ3n) is 3.34. The normalized spacial score (nSPS) is 12.3. The molecule has 2 rings (SSSR count). The maximum Gasteiger partial charge on any atom is 0.159 e. The Bertz CT molecular complexity index is 602. The van der Waals surface area contributed by atoms with E-state index in [9.17, 15) is 8.78 Å². The van der Waals surface area contributed by atoms with E-state index < -0.39 is 11.6 Å². The van der Waals surface area contributed by atoms with Crippen molar-refractivity contribution in [2.24, 2.45) is 0 Å². The maximum absolute atomic E-state index is 13.4. The van der Waals surface area contributed by atoms with E-state index in [4.69, 9.17) is 5.73 Å². The van der Waals surface area contributed by atoms with Gasteiger partial charge in [0.1, 0.15) is 5.82 Å². The summed E-state index contributed by atoms with van der Waals surface area (Å²) in [6.45, 7) is 2.83. The zero-order chi connectivity index (χ0) is 15.2. The fourth-order valence-corrected chi connectivity index (χ4v) is 2.20. The van der Waals surface area contributed by atoms with Crippen LogP contribution in [-0.4, -0.2) is 11.5 Å².